The van der Waals surface area contributed by atoms with Crippen molar-refractivity contribution in [1.29, 1.82) is 0 Å². The first kappa shape index (κ1) is 11.9. The van der Waals surface area contributed by atoms with E-state index in [1.165, 1.54) is 0 Å². The predicted molar refractivity (Wildman–Crippen MR) is 63.7 cm³/mol. The molecule has 0 unspecified atom stereocenters. The van der Waals surface area contributed by atoms with Crippen molar-refractivity contribution in [3.63, 3.8) is 0 Å². The van der Waals surface area contributed by atoms with Crippen LogP contribution in [-0.2, 0) is 11.2 Å². The van der Waals surface area contributed by atoms with Crippen molar-refractivity contribution < 1.29 is 14.6 Å². The number of carbonyl (C=O) groups is 1. The number of nitrogens with one attached hydrogen (secondary N) is 1. The second-order valence-corrected chi connectivity index (χ2v) is 4.23. The van der Waals surface area contributed by atoms with Crippen molar-refractivity contribution in [1.82, 2.24) is 5.32 Å². The van der Waals surface area contributed by atoms with Gasteiger partial charge >= 0.3 is 6.09 Å². The van der Waals surface area contributed by atoms with E-state index >= 15 is 0 Å². The van der Waals surface area contributed by atoms with Gasteiger partial charge < -0.3 is 15.2 Å². The molecule has 4 nitrogen and oxygen atoms in total. The molecule has 1 aromatic carbocycles. The number of ether oxygens (including phenoxy) is 1. The SMILES string of the molecule is CCCOC(=O)N[C@@H]1c2ccccc2C[C@@H]1O. The Morgan fingerprint density at radius 2 is 2.29 bits per heavy atom. The molecule has 0 aromatic heterocycles. The summed E-state index contributed by atoms with van der Waals surface area (Å²) in [5.41, 5.74) is 2.06. The third-order valence-corrected chi connectivity index (χ3v) is 2.91. The zero-order chi connectivity index (χ0) is 12.3. The summed E-state index contributed by atoms with van der Waals surface area (Å²) in [5, 5.41) is 12.6. The quantitative estimate of drug-likeness (QED) is 0.839. The Balaban J connectivity index is 2.04. The largest absolute Gasteiger partial charge is 0.450 e. The van der Waals surface area contributed by atoms with E-state index in [0.717, 1.165) is 17.5 Å². The summed E-state index contributed by atoms with van der Waals surface area (Å²) in [7, 11) is 0. The zero-order valence-corrected chi connectivity index (χ0v) is 9.85. The summed E-state index contributed by atoms with van der Waals surface area (Å²) in [6, 6.07) is 7.38. The maximum atomic E-state index is 11.5. The summed E-state index contributed by atoms with van der Waals surface area (Å²) in [5.74, 6) is 0. The van der Waals surface area contributed by atoms with Gasteiger partial charge in [0.05, 0.1) is 18.8 Å². The Hall–Kier alpha value is -1.55. The van der Waals surface area contributed by atoms with E-state index < -0.39 is 12.2 Å². The van der Waals surface area contributed by atoms with Crippen LogP contribution in [0.15, 0.2) is 24.3 Å². The van der Waals surface area contributed by atoms with Gasteiger partial charge in [0, 0.05) is 6.42 Å². The third kappa shape index (κ3) is 2.58. The molecule has 2 rings (SSSR count). The lowest BCUT2D eigenvalue weighted by atomic mass is 10.1. The first-order chi connectivity index (χ1) is 8.22. The van der Waals surface area contributed by atoms with Crippen LogP contribution in [0.1, 0.15) is 30.5 Å². The summed E-state index contributed by atoms with van der Waals surface area (Å²) in [4.78, 5) is 11.5. The van der Waals surface area contributed by atoms with Gasteiger partial charge in [-0.25, -0.2) is 4.79 Å². The van der Waals surface area contributed by atoms with Crippen LogP contribution in [0.3, 0.4) is 0 Å². The van der Waals surface area contributed by atoms with Crippen LogP contribution in [0, 0.1) is 0 Å². The molecule has 17 heavy (non-hydrogen) atoms. The smallest absolute Gasteiger partial charge is 0.407 e. The van der Waals surface area contributed by atoms with E-state index in [0.29, 0.717) is 13.0 Å². The van der Waals surface area contributed by atoms with Gasteiger partial charge in [-0.15, -0.1) is 0 Å². The predicted octanol–water partition coefficient (Wildman–Crippen LogP) is 1.78. The van der Waals surface area contributed by atoms with Crippen LogP contribution in [-0.4, -0.2) is 23.9 Å². The van der Waals surface area contributed by atoms with Crippen LogP contribution in [0.5, 0.6) is 0 Å². The number of carbonyl (C=O) groups excluding carboxylic acids is 1. The molecule has 0 spiro atoms. The molecule has 0 heterocycles. The van der Waals surface area contributed by atoms with Crippen LogP contribution in [0.25, 0.3) is 0 Å². The van der Waals surface area contributed by atoms with Gasteiger partial charge in [0.1, 0.15) is 0 Å². The Kier molecular flexibility index (Phi) is 3.64. The van der Waals surface area contributed by atoms with Gasteiger partial charge in [0.15, 0.2) is 0 Å². The molecule has 0 fully saturated rings. The highest BCUT2D eigenvalue weighted by Gasteiger charge is 2.32. The van der Waals surface area contributed by atoms with Crippen molar-refractivity contribution in [3.8, 4) is 0 Å². The molecule has 1 aliphatic rings. The minimum atomic E-state index is -0.568. The lowest BCUT2D eigenvalue weighted by molar-refractivity contribution is 0.112. The summed E-state index contributed by atoms with van der Waals surface area (Å²) < 4.78 is 4.96. The number of alkyl carbamates (subject to hydrolysis) is 1. The number of hydrogen-bond acceptors (Lipinski definition) is 3. The van der Waals surface area contributed by atoms with Crippen LogP contribution < -0.4 is 5.32 Å². The van der Waals surface area contributed by atoms with Crippen molar-refractivity contribution in [2.75, 3.05) is 6.61 Å². The highest BCUT2D eigenvalue weighted by molar-refractivity contribution is 5.68. The third-order valence-electron chi connectivity index (χ3n) is 2.91. The fourth-order valence-corrected chi connectivity index (χ4v) is 2.11. The minimum Gasteiger partial charge on any atom is -0.450 e. The van der Waals surface area contributed by atoms with Crippen LogP contribution in [0.2, 0.25) is 0 Å². The molecular formula is C13H17NO3. The Morgan fingerprint density at radius 3 is 3.06 bits per heavy atom. The standard InChI is InChI=1S/C13H17NO3/c1-2-7-17-13(16)14-12-10-6-4-3-5-9(10)8-11(12)15/h3-6,11-12,15H,2,7-8H2,1H3,(H,14,16)/t11-,12+/m0/s1. The summed E-state index contributed by atoms with van der Waals surface area (Å²) in [6.07, 6.45) is 0.334. The number of rotatable bonds is 3. The van der Waals surface area contributed by atoms with E-state index in [2.05, 4.69) is 5.32 Å². The van der Waals surface area contributed by atoms with E-state index in [1.807, 2.05) is 31.2 Å². The van der Waals surface area contributed by atoms with E-state index in [9.17, 15) is 9.90 Å². The fraction of sp³-hybridized carbons (Fsp3) is 0.462. The minimum absolute atomic E-state index is 0.351. The van der Waals surface area contributed by atoms with Crippen LogP contribution in [0.4, 0.5) is 4.79 Å². The lowest BCUT2D eigenvalue weighted by Crippen LogP contribution is -2.34. The van der Waals surface area contributed by atoms with Gasteiger partial charge in [-0.2, -0.15) is 0 Å². The van der Waals surface area contributed by atoms with Gasteiger partial charge in [0.2, 0.25) is 0 Å². The molecule has 0 saturated heterocycles. The number of amides is 1. The topological polar surface area (TPSA) is 58.6 Å². The first-order valence-electron chi connectivity index (χ1n) is 5.91. The van der Waals surface area contributed by atoms with Crippen molar-refractivity contribution in [2.45, 2.75) is 31.9 Å². The molecular weight excluding hydrogens is 218 g/mol. The molecule has 0 aliphatic heterocycles. The van der Waals surface area contributed by atoms with E-state index in [-0.39, 0.29) is 6.04 Å². The maximum Gasteiger partial charge on any atom is 0.407 e. The Bertz CT molecular complexity index is 405. The van der Waals surface area contributed by atoms with Crippen molar-refractivity contribution in [2.24, 2.45) is 0 Å². The van der Waals surface area contributed by atoms with Gasteiger partial charge in [-0.05, 0) is 17.5 Å². The maximum absolute atomic E-state index is 11.5. The Morgan fingerprint density at radius 1 is 1.53 bits per heavy atom. The molecule has 92 valence electrons. The van der Waals surface area contributed by atoms with Gasteiger partial charge in [-0.1, -0.05) is 31.2 Å². The summed E-state index contributed by atoms with van der Waals surface area (Å²) >= 11 is 0. The molecule has 0 radical (unpaired) electrons. The van der Waals surface area contributed by atoms with Gasteiger partial charge in [0.25, 0.3) is 0 Å². The van der Waals surface area contributed by atoms with E-state index in [1.54, 1.807) is 0 Å². The molecule has 0 saturated carbocycles. The molecule has 2 atom stereocenters. The molecule has 2 N–H and O–H groups in total. The average Bonchev–Trinajstić information content (AvgIpc) is 2.64. The first-order valence-corrected chi connectivity index (χ1v) is 5.91. The van der Waals surface area contributed by atoms with Gasteiger partial charge in [-0.3, -0.25) is 0 Å². The average molecular weight is 235 g/mol. The number of aliphatic hydroxyl groups is 1. The number of aliphatic hydroxyl groups excluding tert-OH is 1. The Labute approximate surface area is 101 Å². The molecule has 1 amide bonds. The van der Waals surface area contributed by atoms with E-state index in [4.69, 9.17) is 4.74 Å². The zero-order valence-electron chi connectivity index (χ0n) is 9.85. The second kappa shape index (κ2) is 5.19. The van der Waals surface area contributed by atoms with Crippen LogP contribution >= 0.6 is 0 Å². The number of benzene rings is 1. The van der Waals surface area contributed by atoms with Crippen molar-refractivity contribution in [3.05, 3.63) is 35.4 Å². The number of fused-ring (bicyclic) bond motifs is 1. The normalized spacial score (nSPS) is 22.0. The summed E-state index contributed by atoms with van der Waals surface area (Å²) in [6.45, 7) is 2.34. The monoisotopic (exact) mass is 235 g/mol. The highest BCUT2D eigenvalue weighted by Crippen LogP contribution is 2.31. The fourth-order valence-electron chi connectivity index (χ4n) is 2.11. The van der Waals surface area contributed by atoms with Crippen molar-refractivity contribution >= 4 is 6.09 Å². The molecule has 4 heteroatoms. The number of hydrogen-bond donors (Lipinski definition) is 2. The molecule has 1 aromatic rings. The highest BCUT2D eigenvalue weighted by atomic mass is 16.5. The molecule has 1 aliphatic carbocycles. The molecule has 0 bridgehead atoms. The lowest BCUT2D eigenvalue weighted by Gasteiger charge is -2.17. The second-order valence-electron chi connectivity index (χ2n) is 4.23.